The summed E-state index contributed by atoms with van der Waals surface area (Å²) in [7, 11) is 0. The lowest BCUT2D eigenvalue weighted by atomic mass is 9.92. The minimum atomic E-state index is -1.54. The number of benzene rings is 1. The summed E-state index contributed by atoms with van der Waals surface area (Å²) < 4.78 is 14.8. The van der Waals surface area contributed by atoms with Gasteiger partial charge in [0.05, 0.1) is 12.6 Å². The number of hydrogen-bond acceptors (Lipinski definition) is 4. The predicted molar refractivity (Wildman–Crippen MR) is 102 cm³/mol. The molecule has 140 valence electrons. The predicted octanol–water partition coefficient (Wildman–Crippen LogP) is 3.39. The van der Waals surface area contributed by atoms with Crippen LogP contribution in [0.4, 0.5) is 4.39 Å². The van der Waals surface area contributed by atoms with Gasteiger partial charge in [-0.2, -0.15) is 16.6 Å². The molecule has 0 atom stereocenters. The molecule has 2 amide bonds. The van der Waals surface area contributed by atoms with E-state index >= 15 is 0 Å². The number of piperidine rings is 1. The average Bonchev–Trinajstić information content (AvgIpc) is 3.22. The Morgan fingerprint density at radius 1 is 1.26 bits per heavy atom. The SMILES string of the molecule is N#CCC(=O)NCC1(F)CCN(C(=O)c2cccc(-c3ccsc3)c2)CC1. The molecule has 3 rings (SSSR count). The van der Waals surface area contributed by atoms with Gasteiger partial charge in [0.2, 0.25) is 5.91 Å². The van der Waals surface area contributed by atoms with Crippen molar-refractivity contribution < 1.29 is 14.0 Å². The molecule has 1 aliphatic rings. The van der Waals surface area contributed by atoms with E-state index in [0.29, 0.717) is 18.7 Å². The molecule has 1 N–H and O–H groups in total. The number of hydrogen-bond donors (Lipinski definition) is 1. The van der Waals surface area contributed by atoms with Crippen LogP contribution in [0.3, 0.4) is 0 Å². The highest BCUT2D eigenvalue weighted by Gasteiger charge is 2.36. The van der Waals surface area contributed by atoms with Gasteiger partial charge in [0.15, 0.2) is 0 Å². The van der Waals surface area contributed by atoms with E-state index in [-0.39, 0.29) is 31.7 Å². The van der Waals surface area contributed by atoms with Crippen LogP contribution in [0.15, 0.2) is 41.1 Å². The third-order valence-electron chi connectivity index (χ3n) is 4.75. The normalized spacial score (nSPS) is 15.8. The number of carbonyl (C=O) groups is 2. The molecule has 27 heavy (non-hydrogen) atoms. The molecule has 0 saturated carbocycles. The molecule has 1 saturated heterocycles. The van der Waals surface area contributed by atoms with E-state index in [1.165, 1.54) is 0 Å². The van der Waals surface area contributed by atoms with Crippen molar-refractivity contribution in [1.29, 1.82) is 5.26 Å². The van der Waals surface area contributed by atoms with Crippen LogP contribution in [0, 0.1) is 11.3 Å². The fraction of sp³-hybridized carbons (Fsp3) is 0.350. The maximum absolute atomic E-state index is 14.8. The van der Waals surface area contributed by atoms with E-state index < -0.39 is 11.6 Å². The Morgan fingerprint density at radius 2 is 2.04 bits per heavy atom. The van der Waals surface area contributed by atoms with Crippen molar-refractivity contribution in [3.8, 4) is 17.2 Å². The van der Waals surface area contributed by atoms with Gasteiger partial charge in [0.1, 0.15) is 12.1 Å². The summed E-state index contributed by atoms with van der Waals surface area (Å²) >= 11 is 1.60. The number of nitrogens with zero attached hydrogens (tertiary/aromatic N) is 2. The Morgan fingerprint density at radius 3 is 2.70 bits per heavy atom. The van der Waals surface area contributed by atoms with Crippen molar-refractivity contribution in [1.82, 2.24) is 10.2 Å². The molecule has 1 aromatic heterocycles. The van der Waals surface area contributed by atoms with Gasteiger partial charge in [-0.25, -0.2) is 4.39 Å². The second kappa shape index (κ2) is 8.31. The van der Waals surface area contributed by atoms with Crippen molar-refractivity contribution in [3.05, 3.63) is 46.7 Å². The first-order valence-electron chi connectivity index (χ1n) is 8.75. The number of halogens is 1. The molecule has 0 spiro atoms. The third kappa shape index (κ3) is 4.72. The van der Waals surface area contributed by atoms with E-state index in [9.17, 15) is 14.0 Å². The number of likely N-dealkylation sites (tertiary alicyclic amines) is 1. The van der Waals surface area contributed by atoms with E-state index in [1.807, 2.05) is 35.0 Å². The third-order valence-corrected chi connectivity index (χ3v) is 5.44. The van der Waals surface area contributed by atoms with Gasteiger partial charge < -0.3 is 10.2 Å². The summed E-state index contributed by atoms with van der Waals surface area (Å²) in [5, 5.41) is 14.9. The maximum Gasteiger partial charge on any atom is 0.253 e. The van der Waals surface area contributed by atoms with Crippen LogP contribution in [0.2, 0.25) is 0 Å². The number of alkyl halides is 1. The molecule has 0 radical (unpaired) electrons. The van der Waals surface area contributed by atoms with Crippen molar-refractivity contribution in [2.24, 2.45) is 0 Å². The van der Waals surface area contributed by atoms with Gasteiger partial charge in [0, 0.05) is 31.5 Å². The monoisotopic (exact) mass is 385 g/mol. The van der Waals surface area contributed by atoms with Gasteiger partial charge in [-0.05, 0) is 40.1 Å². The van der Waals surface area contributed by atoms with Gasteiger partial charge in [-0.15, -0.1) is 0 Å². The molecule has 1 fully saturated rings. The number of amides is 2. The van der Waals surface area contributed by atoms with Crippen LogP contribution in [0.25, 0.3) is 11.1 Å². The van der Waals surface area contributed by atoms with E-state index in [1.54, 1.807) is 28.4 Å². The first-order chi connectivity index (χ1) is 13.0. The molecule has 2 heterocycles. The average molecular weight is 385 g/mol. The van der Waals surface area contributed by atoms with Crippen LogP contribution >= 0.6 is 11.3 Å². The number of nitriles is 1. The molecule has 2 aromatic rings. The Kier molecular flexibility index (Phi) is 5.87. The lowest BCUT2D eigenvalue weighted by Crippen LogP contribution is -2.49. The molecule has 5 nitrogen and oxygen atoms in total. The summed E-state index contributed by atoms with van der Waals surface area (Å²) in [6.07, 6.45) is 0.0484. The van der Waals surface area contributed by atoms with Gasteiger partial charge in [0.25, 0.3) is 5.91 Å². The number of carbonyl (C=O) groups excluding carboxylic acids is 2. The summed E-state index contributed by atoms with van der Waals surface area (Å²) in [4.78, 5) is 25.8. The van der Waals surface area contributed by atoms with Crippen LogP contribution in [0.5, 0.6) is 0 Å². The molecule has 1 aliphatic heterocycles. The minimum Gasteiger partial charge on any atom is -0.352 e. The van der Waals surface area contributed by atoms with Crippen LogP contribution in [0.1, 0.15) is 29.6 Å². The Hall–Kier alpha value is -2.72. The smallest absolute Gasteiger partial charge is 0.253 e. The topological polar surface area (TPSA) is 73.2 Å². The quantitative estimate of drug-likeness (QED) is 0.857. The van der Waals surface area contributed by atoms with Crippen LogP contribution in [-0.4, -0.2) is 42.0 Å². The zero-order valence-electron chi connectivity index (χ0n) is 14.8. The van der Waals surface area contributed by atoms with Gasteiger partial charge in [-0.3, -0.25) is 9.59 Å². The second-order valence-electron chi connectivity index (χ2n) is 6.65. The Bertz CT molecular complexity index is 852. The zero-order valence-corrected chi connectivity index (χ0v) is 15.6. The number of thiophene rings is 1. The highest BCUT2D eigenvalue weighted by molar-refractivity contribution is 7.08. The summed E-state index contributed by atoms with van der Waals surface area (Å²) in [5.41, 5.74) is 1.11. The van der Waals surface area contributed by atoms with E-state index in [0.717, 1.165) is 11.1 Å². The fourth-order valence-corrected chi connectivity index (χ4v) is 3.79. The van der Waals surface area contributed by atoms with Gasteiger partial charge in [-0.1, -0.05) is 12.1 Å². The maximum atomic E-state index is 14.8. The fourth-order valence-electron chi connectivity index (χ4n) is 3.12. The molecule has 7 heteroatoms. The largest absolute Gasteiger partial charge is 0.352 e. The summed E-state index contributed by atoms with van der Waals surface area (Å²) in [5.74, 6) is -0.582. The number of nitrogens with one attached hydrogen (secondary N) is 1. The molecule has 0 bridgehead atoms. The number of rotatable bonds is 5. The summed E-state index contributed by atoms with van der Waals surface area (Å²) in [6, 6.07) is 11.2. The first-order valence-corrected chi connectivity index (χ1v) is 9.69. The standard InChI is InChI=1S/C20H20FN3O2S/c21-20(14-23-18(25)4-8-22)6-9-24(10-7-20)19(26)16-3-1-2-15(12-16)17-5-11-27-13-17/h1-3,5,11-13H,4,6-7,9-10,14H2,(H,23,25). The summed E-state index contributed by atoms with van der Waals surface area (Å²) in [6.45, 7) is 0.474. The Balaban J connectivity index is 1.59. The lowest BCUT2D eigenvalue weighted by molar-refractivity contribution is -0.121. The first kappa shape index (κ1) is 19.1. The molecular weight excluding hydrogens is 365 g/mol. The van der Waals surface area contributed by atoms with Gasteiger partial charge >= 0.3 is 0 Å². The lowest BCUT2D eigenvalue weighted by Gasteiger charge is -2.36. The van der Waals surface area contributed by atoms with Crippen molar-refractivity contribution in [2.45, 2.75) is 24.9 Å². The highest BCUT2D eigenvalue weighted by Crippen LogP contribution is 2.28. The molecule has 0 aliphatic carbocycles. The van der Waals surface area contributed by atoms with Crippen molar-refractivity contribution in [3.63, 3.8) is 0 Å². The Labute approximate surface area is 161 Å². The zero-order chi connectivity index (χ0) is 19.3. The van der Waals surface area contributed by atoms with Crippen molar-refractivity contribution in [2.75, 3.05) is 19.6 Å². The second-order valence-corrected chi connectivity index (χ2v) is 7.43. The minimum absolute atomic E-state index is 0.109. The van der Waals surface area contributed by atoms with Crippen LogP contribution < -0.4 is 5.32 Å². The molecule has 1 aromatic carbocycles. The van der Waals surface area contributed by atoms with Crippen LogP contribution in [-0.2, 0) is 4.79 Å². The highest BCUT2D eigenvalue weighted by atomic mass is 32.1. The molecular formula is C20H20FN3O2S. The van der Waals surface area contributed by atoms with E-state index in [2.05, 4.69) is 5.32 Å². The molecule has 0 unspecified atom stereocenters. The van der Waals surface area contributed by atoms with E-state index in [4.69, 9.17) is 5.26 Å². The van der Waals surface area contributed by atoms with Crippen molar-refractivity contribution >= 4 is 23.2 Å².